The van der Waals surface area contributed by atoms with Crippen LogP contribution in [0.5, 0.6) is 5.75 Å². The molecule has 0 unspecified atom stereocenters. The van der Waals surface area contributed by atoms with Crippen LogP contribution < -0.4 is 10.5 Å². The van der Waals surface area contributed by atoms with Gasteiger partial charge < -0.3 is 15.4 Å². The van der Waals surface area contributed by atoms with E-state index in [0.29, 0.717) is 19.6 Å². The van der Waals surface area contributed by atoms with Crippen molar-refractivity contribution in [2.75, 3.05) is 20.7 Å². The lowest BCUT2D eigenvalue weighted by atomic mass is 10.1. The average Bonchev–Trinajstić information content (AvgIpc) is 2.30. The number of ether oxygens (including phenoxy) is 1. The quantitative estimate of drug-likeness (QED) is 0.838. The monoisotopic (exact) mass is 236 g/mol. The summed E-state index contributed by atoms with van der Waals surface area (Å²) in [6.07, 6.45) is 0.380. The van der Waals surface area contributed by atoms with Crippen LogP contribution in [0, 0.1) is 6.92 Å². The van der Waals surface area contributed by atoms with Gasteiger partial charge in [0.2, 0.25) is 5.91 Å². The van der Waals surface area contributed by atoms with Gasteiger partial charge in [-0.2, -0.15) is 0 Å². The van der Waals surface area contributed by atoms with E-state index in [1.807, 2.05) is 25.1 Å². The second kappa shape index (κ2) is 6.25. The van der Waals surface area contributed by atoms with E-state index in [4.69, 9.17) is 10.5 Å². The lowest BCUT2D eigenvalue weighted by Gasteiger charge is -2.13. The molecular formula is C13H20N2O2. The Labute approximate surface area is 102 Å². The number of benzene rings is 1. The molecule has 0 spiro atoms. The zero-order chi connectivity index (χ0) is 12.8. The molecule has 0 aromatic heterocycles. The van der Waals surface area contributed by atoms with Gasteiger partial charge in [-0.1, -0.05) is 17.7 Å². The van der Waals surface area contributed by atoms with Crippen LogP contribution in [0.4, 0.5) is 0 Å². The fourth-order valence-electron chi connectivity index (χ4n) is 1.48. The second-order valence-electron chi connectivity index (χ2n) is 4.20. The molecule has 4 nitrogen and oxygen atoms in total. The summed E-state index contributed by atoms with van der Waals surface area (Å²) in [7, 11) is 3.47. The highest BCUT2D eigenvalue weighted by Crippen LogP contribution is 2.19. The van der Waals surface area contributed by atoms with Crippen molar-refractivity contribution < 1.29 is 9.53 Å². The zero-order valence-electron chi connectivity index (χ0n) is 10.7. The van der Waals surface area contributed by atoms with Crippen LogP contribution >= 0.6 is 0 Å². The average molecular weight is 236 g/mol. The van der Waals surface area contributed by atoms with Crippen molar-refractivity contribution in [2.24, 2.45) is 5.73 Å². The zero-order valence-corrected chi connectivity index (χ0v) is 10.7. The van der Waals surface area contributed by atoms with E-state index in [2.05, 4.69) is 0 Å². The molecule has 1 aromatic rings. The Hall–Kier alpha value is -1.55. The summed E-state index contributed by atoms with van der Waals surface area (Å²) in [5, 5.41) is 0. The Morgan fingerprint density at radius 2 is 2.12 bits per heavy atom. The van der Waals surface area contributed by atoms with Crippen molar-refractivity contribution in [3.8, 4) is 5.75 Å². The summed E-state index contributed by atoms with van der Waals surface area (Å²) in [5.74, 6) is 0.830. The first kappa shape index (κ1) is 13.5. The van der Waals surface area contributed by atoms with Gasteiger partial charge in [0, 0.05) is 26.2 Å². The summed E-state index contributed by atoms with van der Waals surface area (Å²) in [4.78, 5) is 12.9. The third-order valence-electron chi connectivity index (χ3n) is 2.51. The maximum atomic E-state index is 11.4. The third-order valence-corrected chi connectivity index (χ3v) is 2.51. The van der Waals surface area contributed by atoms with Gasteiger partial charge in [0.05, 0.1) is 13.0 Å². The molecule has 4 heteroatoms. The molecule has 17 heavy (non-hydrogen) atoms. The Morgan fingerprint density at radius 3 is 2.71 bits per heavy atom. The number of hydrogen-bond acceptors (Lipinski definition) is 3. The van der Waals surface area contributed by atoms with E-state index in [1.165, 1.54) is 0 Å². The first-order valence-corrected chi connectivity index (χ1v) is 5.67. The smallest absolute Gasteiger partial charge is 0.225 e. The van der Waals surface area contributed by atoms with E-state index >= 15 is 0 Å². The summed E-state index contributed by atoms with van der Waals surface area (Å²) in [6, 6.07) is 5.88. The van der Waals surface area contributed by atoms with Gasteiger partial charge in [0.15, 0.2) is 0 Å². The minimum absolute atomic E-state index is 0.0615. The van der Waals surface area contributed by atoms with Crippen LogP contribution in [-0.4, -0.2) is 31.5 Å². The van der Waals surface area contributed by atoms with Crippen molar-refractivity contribution in [3.63, 3.8) is 0 Å². The maximum absolute atomic E-state index is 11.4. The minimum atomic E-state index is 0.0615. The molecule has 0 heterocycles. The van der Waals surface area contributed by atoms with Crippen LogP contribution in [-0.2, 0) is 11.3 Å². The number of aryl methyl sites for hydroxylation is 1. The standard InChI is InChI=1S/C13H20N2O2/c1-10-4-5-12(11(8-10)9-14)17-7-6-13(16)15(2)3/h4-5,8H,6-7,9,14H2,1-3H3. The van der Waals surface area contributed by atoms with Crippen molar-refractivity contribution in [1.82, 2.24) is 4.90 Å². The Bertz CT molecular complexity index is 389. The molecule has 0 fully saturated rings. The molecule has 0 saturated heterocycles. The summed E-state index contributed by atoms with van der Waals surface area (Å²) in [5.41, 5.74) is 7.77. The van der Waals surface area contributed by atoms with Crippen LogP contribution in [0.3, 0.4) is 0 Å². The third kappa shape index (κ3) is 4.07. The fourth-order valence-corrected chi connectivity index (χ4v) is 1.48. The van der Waals surface area contributed by atoms with E-state index < -0.39 is 0 Å². The van der Waals surface area contributed by atoms with E-state index in [1.54, 1.807) is 19.0 Å². The van der Waals surface area contributed by atoms with E-state index in [9.17, 15) is 4.79 Å². The maximum Gasteiger partial charge on any atom is 0.225 e. The second-order valence-corrected chi connectivity index (χ2v) is 4.20. The fraction of sp³-hybridized carbons (Fsp3) is 0.462. The molecule has 0 atom stereocenters. The van der Waals surface area contributed by atoms with Crippen LogP contribution in [0.15, 0.2) is 18.2 Å². The van der Waals surface area contributed by atoms with Gasteiger partial charge in [-0.15, -0.1) is 0 Å². The van der Waals surface area contributed by atoms with Crippen molar-refractivity contribution in [2.45, 2.75) is 19.9 Å². The van der Waals surface area contributed by atoms with Crippen LogP contribution in [0.25, 0.3) is 0 Å². The van der Waals surface area contributed by atoms with Gasteiger partial charge in [-0.05, 0) is 13.0 Å². The number of rotatable bonds is 5. The largest absolute Gasteiger partial charge is 0.493 e. The Kier molecular flexibility index (Phi) is 4.97. The summed E-state index contributed by atoms with van der Waals surface area (Å²) in [6.45, 7) is 2.84. The molecule has 0 radical (unpaired) electrons. The SMILES string of the molecule is Cc1ccc(OCCC(=O)N(C)C)c(CN)c1. The molecule has 0 aliphatic carbocycles. The number of nitrogens with zero attached hydrogens (tertiary/aromatic N) is 1. The molecule has 0 aliphatic rings. The molecule has 1 amide bonds. The van der Waals surface area contributed by atoms with Crippen molar-refractivity contribution in [1.29, 1.82) is 0 Å². The minimum Gasteiger partial charge on any atom is -0.493 e. The topological polar surface area (TPSA) is 55.6 Å². The molecule has 1 rings (SSSR count). The van der Waals surface area contributed by atoms with Crippen molar-refractivity contribution in [3.05, 3.63) is 29.3 Å². The highest BCUT2D eigenvalue weighted by molar-refractivity contribution is 5.75. The molecular weight excluding hydrogens is 216 g/mol. The Morgan fingerprint density at radius 1 is 1.41 bits per heavy atom. The van der Waals surface area contributed by atoms with Gasteiger partial charge in [-0.25, -0.2) is 0 Å². The predicted octanol–water partition coefficient (Wildman–Crippen LogP) is 1.31. The predicted molar refractivity (Wildman–Crippen MR) is 67.9 cm³/mol. The molecule has 2 N–H and O–H groups in total. The summed E-state index contributed by atoms with van der Waals surface area (Å²) < 4.78 is 5.58. The molecule has 0 saturated carbocycles. The van der Waals surface area contributed by atoms with E-state index in [-0.39, 0.29) is 5.91 Å². The Balaban J connectivity index is 2.54. The van der Waals surface area contributed by atoms with Gasteiger partial charge in [0.25, 0.3) is 0 Å². The highest BCUT2D eigenvalue weighted by atomic mass is 16.5. The summed E-state index contributed by atoms with van der Waals surface area (Å²) >= 11 is 0. The van der Waals surface area contributed by atoms with Crippen molar-refractivity contribution >= 4 is 5.91 Å². The number of carbonyl (C=O) groups excluding carboxylic acids is 1. The number of amides is 1. The number of hydrogen-bond donors (Lipinski definition) is 1. The molecule has 0 bridgehead atoms. The highest BCUT2D eigenvalue weighted by Gasteiger charge is 2.06. The van der Waals surface area contributed by atoms with Gasteiger partial charge in [0.1, 0.15) is 5.75 Å². The lowest BCUT2D eigenvalue weighted by Crippen LogP contribution is -2.23. The van der Waals surface area contributed by atoms with Gasteiger partial charge >= 0.3 is 0 Å². The lowest BCUT2D eigenvalue weighted by molar-refractivity contribution is -0.129. The van der Waals surface area contributed by atoms with Crippen LogP contribution in [0.1, 0.15) is 17.5 Å². The van der Waals surface area contributed by atoms with Crippen LogP contribution in [0.2, 0.25) is 0 Å². The first-order valence-electron chi connectivity index (χ1n) is 5.67. The van der Waals surface area contributed by atoms with Gasteiger partial charge in [-0.3, -0.25) is 4.79 Å². The number of carbonyl (C=O) groups is 1. The normalized spacial score (nSPS) is 10.1. The number of nitrogens with two attached hydrogens (primary N) is 1. The molecule has 0 aliphatic heterocycles. The first-order chi connectivity index (χ1) is 8.04. The molecule has 1 aromatic carbocycles. The van der Waals surface area contributed by atoms with E-state index in [0.717, 1.165) is 16.9 Å². The molecule has 94 valence electrons.